The Balaban J connectivity index is 1.70. The van der Waals surface area contributed by atoms with Crippen molar-refractivity contribution in [2.75, 3.05) is 20.3 Å². The van der Waals surface area contributed by atoms with Crippen LogP contribution in [0.1, 0.15) is 31.2 Å². The van der Waals surface area contributed by atoms with Gasteiger partial charge in [-0.05, 0) is 37.3 Å². The zero-order chi connectivity index (χ0) is 18.6. The fourth-order valence-corrected chi connectivity index (χ4v) is 4.09. The van der Waals surface area contributed by atoms with Crippen LogP contribution in [0.2, 0.25) is 0 Å². The molecule has 3 rings (SSSR count). The van der Waals surface area contributed by atoms with Gasteiger partial charge in [-0.1, -0.05) is 30.3 Å². The number of hydrogen-bond donors (Lipinski definition) is 1. The van der Waals surface area contributed by atoms with E-state index in [2.05, 4.69) is 0 Å². The first kappa shape index (κ1) is 18.6. The summed E-state index contributed by atoms with van der Waals surface area (Å²) >= 11 is 0. The van der Waals surface area contributed by atoms with E-state index in [0.29, 0.717) is 13.0 Å². The lowest BCUT2D eigenvalue weighted by Gasteiger charge is -2.43. The molecule has 1 amide bonds. The highest BCUT2D eigenvalue weighted by Gasteiger charge is 2.52. The maximum absolute atomic E-state index is 12.8. The summed E-state index contributed by atoms with van der Waals surface area (Å²) in [7, 11) is 1.69. The van der Waals surface area contributed by atoms with Gasteiger partial charge in [0.05, 0.1) is 17.7 Å². The molecule has 1 N–H and O–H groups in total. The van der Waals surface area contributed by atoms with Crippen LogP contribution in [-0.4, -0.2) is 59.9 Å². The second-order valence-corrected chi connectivity index (χ2v) is 6.91. The zero-order valence-electron chi connectivity index (χ0n) is 15.0. The molecule has 6 heteroatoms. The maximum Gasteiger partial charge on any atom is 0.329 e. The number of hydrogen-bond acceptors (Lipinski definition) is 4. The smallest absolute Gasteiger partial charge is 0.329 e. The van der Waals surface area contributed by atoms with Gasteiger partial charge in [-0.2, -0.15) is 0 Å². The molecule has 140 valence electrons. The maximum atomic E-state index is 12.8. The second-order valence-electron chi connectivity index (χ2n) is 6.91. The molecule has 1 aromatic rings. The average Bonchev–Trinajstić information content (AvgIpc) is 3.04. The lowest BCUT2D eigenvalue weighted by molar-refractivity contribution is -0.150. The number of nitrogens with zero attached hydrogens (tertiary/aromatic N) is 1. The molecule has 3 atom stereocenters. The molecule has 2 aliphatic rings. The van der Waals surface area contributed by atoms with E-state index in [0.717, 1.165) is 24.8 Å². The number of likely N-dealkylation sites (tertiary alicyclic amines) is 1. The van der Waals surface area contributed by atoms with Crippen LogP contribution in [0.4, 0.5) is 0 Å². The van der Waals surface area contributed by atoms with Crippen LogP contribution in [0.15, 0.2) is 36.4 Å². The Labute approximate surface area is 153 Å². The molecule has 6 nitrogen and oxygen atoms in total. The number of carboxylic acids is 1. The summed E-state index contributed by atoms with van der Waals surface area (Å²) in [4.78, 5) is 25.4. The fourth-order valence-electron chi connectivity index (χ4n) is 4.09. The second kappa shape index (κ2) is 8.01. The average molecular weight is 359 g/mol. The molecule has 1 saturated carbocycles. The predicted octanol–water partition coefficient (Wildman–Crippen LogP) is 2.34. The van der Waals surface area contributed by atoms with Gasteiger partial charge in [0.2, 0.25) is 5.91 Å². The monoisotopic (exact) mass is 359 g/mol. The Bertz CT molecular complexity index is 674. The van der Waals surface area contributed by atoms with E-state index in [9.17, 15) is 9.59 Å². The minimum Gasteiger partial charge on any atom is -0.480 e. The number of aliphatic carboxylic acids is 1. The summed E-state index contributed by atoms with van der Waals surface area (Å²) in [6, 6.07) is 9.61. The van der Waals surface area contributed by atoms with Crippen molar-refractivity contribution in [1.29, 1.82) is 0 Å². The normalized spacial score (nSPS) is 28.3. The van der Waals surface area contributed by atoms with Gasteiger partial charge in [-0.25, -0.2) is 4.79 Å². The standard InChI is InChI=1S/C20H25NO5/c1-25-20-10-9-16(26-14-19(23)24)13-17(20)21(12-11-20)18(22)8-7-15-5-3-2-4-6-15/h2-8,16-17H,9-14H2,1H3,(H,23,24)/b8-7+/t16-,17+,20-/m1/s1. The summed E-state index contributed by atoms with van der Waals surface area (Å²) < 4.78 is 11.3. The van der Waals surface area contributed by atoms with Crippen molar-refractivity contribution in [2.45, 2.75) is 43.4 Å². The van der Waals surface area contributed by atoms with Gasteiger partial charge in [-0.3, -0.25) is 4.79 Å². The highest BCUT2D eigenvalue weighted by atomic mass is 16.5. The third-order valence-corrected chi connectivity index (χ3v) is 5.49. The summed E-state index contributed by atoms with van der Waals surface area (Å²) in [5, 5.41) is 8.82. The van der Waals surface area contributed by atoms with Crippen LogP contribution in [0.25, 0.3) is 6.08 Å². The van der Waals surface area contributed by atoms with Crippen LogP contribution >= 0.6 is 0 Å². The molecular formula is C20H25NO5. The molecule has 1 aliphatic carbocycles. The van der Waals surface area contributed by atoms with E-state index in [-0.39, 0.29) is 30.3 Å². The summed E-state index contributed by atoms with van der Waals surface area (Å²) in [6.45, 7) is 0.335. The minimum absolute atomic E-state index is 0.0448. The molecule has 1 saturated heterocycles. The SMILES string of the molecule is CO[C@@]12CC[C@@H](OCC(=O)O)C[C@@H]1N(C(=O)/C=C/c1ccccc1)CC2. The molecule has 0 unspecified atom stereocenters. The highest BCUT2D eigenvalue weighted by molar-refractivity contribution is 5.92. The van der Waals surface area contributed by atoms with E-state index >= 15 is 0 Å². The number of methoxy groups -OCH3 is 1. The van der Waals surface area contributed by atoms with E-state index in [1.165, 1.54) is 0 Å². The molecule has 0 bridgehead atoms. The zero-order valence-corrected chi connectivity index (χ0v) is 15.0. The first-order valence-corrected chi connectivity index (χ1v) is 8.96. The molecule has 0 aromatic heterocycles. The Morgan fingerprint density at radius 2 is 2.08 bits per heavy atom. The van der Waals surface area contributed by atoms with Gasteiger partial charge in [0.25, 0.3) is 0 Å². The van der Waals surface area contributed by atoms with E-state index in [4.69, 9.17) is 14.6 Å². The number of carboxylic acid groups (broad SMARTS) is 1. The van der Waals surface area contributed by atoms with Gasteiger partial charge in [0, 0.05) is 19.7 Å². The van der Waals surface area contributed by atoms with Gasteiger partial charge >= 0.3 is 5.97 Å². The lowest BCUT2D eigenvalue weighted by Crippen LogP contribution is -2.53. The highest BCUT2D eigenvalue weighted by Crippen LogP contribution is 2.43. The Morgan fingerprint density at radius 1 is 1.31 bits per heavy atom. The molecule has 1 aromatic carbocycles. The van der Waals surface area contributed by atoms with Gasteiger partial charge < -0.3 is 19.5 Å². The van der Waals surface area contributed by atoms with Crippen LogP contribution in [-0.2, 0) is 19.1 Å². The van der Waals surface area contributed by atoms with Gasteiger partial charge in [0.15, 0.2) is 0 Å². The number of amides is 1. The van der Waals surface area contributed by atoms with E-state index in [1.807, 2.05) is 41.3 Å². The quantitative estimate of drug-likeness (QED) is 0.789. The molecule has 0 radical (unpaired) electrons. The number of carbonyl (C=O) groups excluding carboxylic acids is 1. The minimum atomic E-state index is -0.973. The number of carbonyl (C=O) groups is 2. The predicted molar refractivity (Wildman–Crippen MR) is 96.6 cm³/mol. The largest absolute Gasteiger partial charge is 0.480 e. The van der Waals surface area contributed by atoms with Gasteiger partial charge in [-0.15, -0.1) is 0 Å². The van der Waals surface area contributed by atoms with Crippen molar-refractivity contribution < 1.29 is 24.2 Å². The fraction of sp³-hybridized carbons (Fsp3) is 0.500. The van der Waals surface area contributed by atoms with Crippen molar-refractivity contribution in [3.05, 3.63) is 42.0 Å². The number of benzene rings is 1. The Kier molecular flexibility index (Phi) is 5.74. The first-order chi connectivity index (χ1) is 12.5. The summed E-state index contributed by atoms with van der Waals surface area (Å²) in [5.41, 5.74) is 0.628. The van der Waals surface area contributed by atoms with Gasteiger partial charge in [0.1, 0.15) is 6.61 Å². The molecule has 0 spiro atoms. The van der Waals surface area contributed by atoms with E-state index < -0.39 is 5.97 Å². The summed E-state index contributed by atoms with van der Waals surface area (Å²) in [6.07, 6.45) is 6.17. The number of ether oxygens (including phenoxy) is 2. The number of fused-ring (bicyclic) bond motifs is 1. The molecule has 26 heavy (non-hydrogen) atoms. The molecule has 2 fully saturated rings. The molecular weight excluding hydrogens is 334 g/mol. The first-order valence-electron chi connectivity index (χ1n) is 8.96. The van der Waals surface area contributed by atoms with Crippen LogP contribution in [0, 0.1) is 0 Å². The molecule has 1 heterocycles. The van der Waals surface area contributed by atoms with Crippen molar-refractivity contribution in [1.82, 2.24) is 4.90 Å². The Morgan fingerprint density at radius 3 is 2.77 bits per heavy atom. The Hall–Kier alpha value is -2.18. The third-order valence-electron chi connectivity index (χ3n) is 5.49. The van der Waals surface area contributed by atoms with Crippen LogP contribution in [0.3, 0.4) is 0 Å². The van der Waals surface area contributed by atoms with Crippen molar-refractivity contribution >= 4 is 18.0 Å². The van der Waals surface area contributed by atoms with Crippen LogP contribution < -0.4 is 0 Å². The number of rotatable bonds is 6. The molecule has 1 aliphatic heterocycles. The lowest BCUT2D eigenvalue weighted by atomic mass is 9.79. The van der Waals surface area contributed by atoms with Crippen molar-refractivity contribution in [3.63, 3.8) is 0 Å². The van der Waals surface area contributed by atoms with E-state index in [1.54, 1.807) is 13.2 Å². The third kappa shape index (κ3) is 3.97. The summed E-state index contributed by atoms with van der Waals surface area (Å²) in [5.74, 6) is -1.02. The topological polar surface area (TPSA) is 76.1 Å². The van der Waals surface area contributed by atoms with Crippen molar-refractivity contribution in [2.24, 2.45) is 0 Å². The van der Waals surface area contributed by atoms with Crippen molar-refractivity contribution in [3.8, 4) is 0 Å². The van der Waals surface area contributed by atoms with Crippen LogP contribution in [0.5, 0.6) is 0 Å².